The van der Waals surface area contributed by atoms with Gasteiger partial charge in [0.05, 0.1) is 23.0 Å². The van der Waals surface area contributed by atoms with Crippen LogP contribution < -0.4 is 5.32 Å². The van der Waals surface area contributed by atoms with Crippen molar-refractivity contribution in [3.05, 3.63) is 54.6 Å². The highest BCUT2D eigenvalue weighted by Gasteiger charge is 2.12. The summed E-state index contributed by atoms with van der Waals surface area (Å²) in [7, 11) is 0. The molecule has 0 saturated carbocycles. The molecular weight excluding hydrogens is 336 g/mol. The predicted octanol–water partition coefficient (Wildman–Crippen LogP) is 3.77. The van der Waals surface area contributed by atoms with Crippen LogP contribution in [0.1, 0.15) is 12.5 Å². The molecule has 0 bridgehead atoms. The SMILES string of the molecule is CCc1ccc(NC(=O)CSc2nncn3c2cc2occc23)cc1. The molecule has 0 aliphatic rings. The number of amides is 1. The Bertz CT molecular complexity index is 1040. The third-order valence-corrected chi connectivity index (χ3v) is 4.95. The zero-order valence-corrected chi connectivity index (χ0v) is 14.4. The molecule has 0 aliphatic heterocycles. The van der Waals surface area contributed by atoms with E-state index in [1.165, 1.54) is 17.3 Å². The van der Waals surface area contributed by atoms with E-state index in [1.807, 2.05) is 40.8 Å². The average molecular weight is 352 g/mol. The van der Waals surface area contributed by atoms with Crippen LogP contribution in [-0.4, -0.2) is 26.3 Å². The van der Waals surface area contributed by atoms with E-state index in [2.05, 4.69) is 22.4 Å². The number of aromatic nitrogens is 3. The Kier molecular flexibility index (Phi) is 4.15. The minimum Gasteiger partial charge on any atom is -0.463 e. The van der Waals surface area contributed by atoms with E-state index in [4.69, 9.17) is 4.42 Å². The summed E-state index contributed by atoms with van der Waals surface area (Å²) < 4.78 is 7.33. The third kappa shape index (κ3) is 3.10. The zero-order valence-electron chi connectivity index (χ0n) is 13.6. The molecule has 6 nitrogen and oxygen atoms in total. The van der Waals surface area contributed by atoms with Crippen LogP contribution in [0.3, 0.4) is 0 Å². The molecule has 0 fully saturated rings. The van der Waals surface area contributed by atoms with Crippen LogP contribution in [0.15, 0.2) is 58.4 Å². The number of thioether (sulfide) groups is 1. The molecule has 4 aromatic rings. The molecule has 4 rings (SSSR count). The first-order chi connectivity index (χ1) is 12.2. The summed E-state index contributed by atoms with van der Waals surface area (Å²) in [6, 6.07) is 11.7. The number of fused-ring (bicyclic) bond motifs is 3. The molecule has 25 heavy (non-hydrogen) atoms. The van der Waals surface area contributed by atoms with E-state index in [9.17, 15) is 4.79 Å². The van der Waals surface area contributed by atoms with Gasteiger partial charge in [-0.15, -0.1) is 10.2 Å². The van der Waals surface area contributed by atoms with Crippen molar-refractivity contribution >= 4 is 40.0 Å². The van der Waals surface area contributed by atoms with Gasteiger partial charge in [-0.3, -0.25) is 9.20 Å². The number of rotatable bonds is 5. The van der Waals surface area contributed by atoms with Gasteiger partial charge in [0, 0.05) is 17.8 Å². The summed E-state index contributed by atoms with van der Waals surface area (Å²) in [4.78, 5) is 12.2. The van der Waals surface area contributed by atoms with Crippen LogP contribution in [0, 0.1) is 0 Å². The lowest BCUT2D eigenvalue weighted by Gasteiger charge is -2.06. The standard InChI is InChI=1S/C18H16N4O2S/c1-2-12-3-5-13(6-4-12)20-17(23)10-25-18-15-9-16-14(7-8-24-16)22(15)11-19-21-18/h3-9,11H,2,10H2,1H3,(H,20,23). The van der Waals surface area contributed by atoms with Gasteiger partial charge in [-0.05, 0) is 24.1 Å². The number of nitrogens with zero attached hydrogens (tertiary/aromatic N) is 3. The molecule has 0 radical (unpaired) electrons. The quantitative estimate of drug-likeness (QED) is 0.554. The van der Waals surface area contributed by atoms with Crippen molar-refractivity contribution in [2.24, 2.45) is 0 Å². The molecule has 7 heteroatoms. The number of benzene rings is 1. The Hall–Kier alpha value is -2.80. The van der Waals surface area contributed by atoms with Gasteiger partial charge in [0.25, 0.3) is 0 Å². The van der Waals surface area contributed by atoms with Gasteiger partial charge in [-0.25, -0.2) is 0 Å². The molecule has 0 spiro atoms. The van der Waals surface area contributed by atoms with Crippen LogP contribution in [0.5, 0.6) is 0 Å². The average Bonchev–Trinajstić information content (AvgIpc) is 3.22. The third-order valence-electron chi connectivity index (χ3n) is 3.98. The maximum absolute atomic E-state index is 12.2. The van der Waals surface area contributed by atoms with Gasteiger partial charge in [-0.2, -0.15) is 0 Å². The fourth-order valence-corrected chi connectivity index (χ4v) is 3.42. The molecule has 0 saturated heterocycles. The summed E-state index contributed by atoms with van der Waals surface area (Å²) in [5.74, 6) is 0.185. The van der Waals surface area contributed by atoms with Crippen molar-refractivity contribution in [2.45, 2.75) is 18.4 Å². The highest BCUT2D eigenvalue weighted by atomic mass is 32.2. The second-order valence-corrected chi connectivity index (χ2v) is 6.56. The lowest BCUT2D eigenvalue weighted by Crippen LogP contribution is -2.14. The first-order valence-electron chi connectivity index (χ1n) is 7.96. The van der Waals surface area contributed by atoms with E-state index < -0.39 is 0 Å². The Morgan fingerprint density at radius 3 is 2.88 bits per heavy atom. The first-order valence-corrected chi connectivity index (χ1v) is 8.94. The van der Waals surface area contributed by atoms with Gasteiger partial charge in [-0.1, -0.05) is 30.8 Å². The molecule has 3 aromatic heterocycles. The molecule has 0 unspecified atom stereocenters. The molecule has 0 atom stereocenters. The lowest BCUT2D eigenvalue weighted by atomic mass is 10.1. The van der Waals surface area contributed by atoms with E-state index >= 15 is 0 Å². The monoisotopic (exact) mass is 352 g/mol. The molecule has 126 valence electrons. The number of hydrogen-bond acceptors (Lipinski definition) is 5. The highest BCUT2D eigenvalue weighted by molar-refractivity contribution is 8.00. The van der Waals surface area contributed by atoms with Crippen molar-refractivity contribution in [2.75, 3.05) is 11.1 Å². The van der Waals surface area contributed by atoms with Crippen molar-refractivity contribution in [3.8, 4) is 0 Å². The maximum atomic E-state index is 12.2. The Balaban J connectivity index is 1.47. The maximum Gasteiger partial charge on any atom is 0.234 e. The van der Waals surface area contributed by atoms with E-state index in [0.717, 1.165) is 28.7 Å². The Morgan fingerprint density at radius 1 is 1.24 bits per heavy atom. The van der Waals surface area contributed by atoms with Gasteiger partial charge in [0.15, 0.2) is 5.58 Å². The number of nitrogens with one attached hydrogen (secondary N) is 1. The largest absolute Gasteiger partial charge is 0.463 e. The zero-order chi connectivity index (χ0) is 17.2. The molecular formula is C18H16N4O2S. The number of anilines is 1. The number of hydrogen-bond donors (Lipinski definition) is 1. The number of furan rings is 1. The summed E-state index contributed by atoms with van der Waals surface area (Å²) in [5, 5.41) is 11.8. The van der Waals surface area contributed by atoms with Crippen LogP contribution >= 0.6 is 11.8 Å². The highest BCUT2D eigenvalue weighted by Crippen LogP contribution is 2.27. The minimum absolute atomic E-state index is 0.0757. The number of aryl methyl sites for hydroxylation is 1. The van der Waals surface area contributed by atoms with Crippen LogP contribution in [0.2, 0.25) is 0 Å². The first kappa shape index (κ1) is 15.7. The summed E-state index contributed by atoms with van der Waals surface area (Å²) in [5.41, 5.74) is 4.64. The van der Waals surface area contributed by atoms with Crippen molar-refractivity contribution in [3.63, 3.8) is 0 Å². The predicted molar refractivity (Wildman–Crippen MR) is 97.9 cm³/mol. The number of carbonyl (C=O) groups is 1. The normalized spacial score (nSPS) is 11.2. The molecule has 3 heterocycles. The smallest absolute Gasteiger partial charge is 0.234 e. The second kappa shape index (κ2) is 6.60. The van der Waals surface area contributed by atoms with Crippen LogP contribution in [-0.2, 0) is 11.2 Å². The topological polar surface area (TPSA) is 72.4 Å². The van der Waals surface area contributed by atoms with Gasteiger partial charge < -0.3 is 9.73 Å². The van der Waals surface area contributed by atoms with Gasteiger partial charge >= 0.3 is 0 Å². The molecule has 0 aliphatic carbocycles. The minimum atomic E-state index is -0.0757. The van der Waals surface area contributed by atoms with E-state index in [1.54, 1.807) is 12.6 Å². The van der Waals surface area contributed by atoms with Gasteiger partial charge in [0.2, 0.25) is 5.91 Å². The molecule has 1 aromatic carbocycles. The van der Waals surface area contributed by atoms with Gasteiger partial charge in [0.1, 0.15) is 11.4 Å². The van der Waals surface area contributed by atoms with Crippen molar-refractivity contribution in [1.29, 1.82) is 0 Å². The van der Waals surface area contributed by atoms with Crippen LogP contribution in [0.25, 0.3) is 16.6 Å². The number of carbonyl (C=O) groups excluding carboxylic acids is 1. The second-order valence-electron chi connectivity index (χ2n) is 5.59. The summed E-state index contributed by atoms with van der Waals surface area (Å²) >= 11 is 1.36. The van der Waals surface area contributed by atoms with Crippen molar-refractivity contribution in [1.82, 2.24) is 14.6 Å². The fraction of sp³-hybridized carbons (Fsp3) is 0.167. The Labute approximate surface area is 148 Å². The summed E-state index contributed by atoms with van der Waals surface area (Å²) in [6.07, 6.45) is 4.27. The van der Waals surface area contributed by atoms with E-state index in [0.29, 0.717) is 5.03 Å². The van der Waals surface area contributed by atoms with E-state index in [-0.39, 0.29) is 11.7 Å². The molecule has 1 amide bonds. The van der Waals surface area contributed by atoms with Crippen LogP contribution in [0.4, 0.5) is 5.69 Å². The lowest BCUT2D eigenvalue weighted by molar-refractivity contribution is -0.113. The summed E-state index contributed by atoms with van der Waals surface area (Å²) in [6.45, 7) is 2.10. The Morgan fingerprint density at radius 2 is 2.08 bits per heavy atom. The molecule has 1 N–H and O–H groups in total. The fourth-order valence-electron chi connectivity index (χ4n) is 2.67. The van der Waals surface area contributed by atoms with Crippen molar-refractivity contribution < 1.29 is 9.21 Å².